The Balaban J connectivity index is 3.03. The number of methoxy groups -OCH3 is 1. The van der Waals surface area contributed by atoms with E-state index in [0.717, 1.165) is 6.33 Å². The number of nitrogens with zero attached hydrogens (tertiary/aromatic N) is 3. The number of nitrogens with two attached hydrogens (primary N) is 1. The van der Waals surface area contributed by atoms with E-state index in [2.05, 4.69) is 19.9 Å². The Morgan fingerprint density at radius 2 is 2.45 bits per heavy atom. The van der Waals surface area contributed by atoms with Crippen LogP contribution in [0.5, 0.6) is 0 Å². The molecule has 0 atom stereocenters. The second-order valence-electron chi connectivity index (χ2n) is 1.69. The molecule has 0 aliphatic heterocycles. The molecule has 2 N–H and O–H groups in total. The van der Waals surface area contributed by atoms with Gasteiger partial charge in [-0.1, -0.05) is 0 Å². The van der Waals surface area contributed by atoms with Gasteiger partial charge in [-0.2, -0.15) is 0 Å². The van der Waals surface area contributed by atoms with Crippen molar-refractivity contribution in [3.8, 4) is 0 Å². The van der Waals surface area contributed by atoms with E-state index in [0.29, 0.717) is 0 Å². The first-order chi connectivity index (χ1) is 5.25. The SMILES string of the molecule is COC(=O)c1ncnnc1N. The molecule has 1 aromatic rings. The van der Waals surface area contributed by atoms with E-state index in [9.17, 15) is 4.79 Å². The molecule has 0 spiro atoms. The number of nitrogen functional groups attached to an aromatic ring is 1. The molecule has 0 bridgehead atoms. The van der Waals surface area contributed by atoms with Crippen LogP contribution in [0.1, 0.15) is 10.5 Å². The summed E-state index contributed by atoms with van der Waals surface area (Å²) in [5.41, 5.74) is 5.25. The van der Waals surface area contributed by atoms with Crippen molar-refractivity contribution in [2.75, 3.05) is 12.8 Å². The van der Waals surface area contributed by atoms with Gasteiger partial charge in [0.1, 0.15) is 6.33 Å². The van der Waals surface area contributed by atoms with Crippen LogP contribution in [0.25, 0.3) is 0 Å². The Hall–Kier alpha value is -1.72. The number of anilines is 1. The molecule has 0 amide bonds. The summed E-state index contributed by atoms with van der Waals surface area (Å²) in [6.07, 6.45) is 1.13. The summed E-state index contributed by atoms with van der Waals surface area (Å²) in [5.74, 6) is -0.642. The first kappa shape index (κ1) is 7.39. The monoisotopic (exact) mass is 154 g/mol. The minimum atomic E-state index is -0.614. The van der Waals surface area contributed by atoms with E-state index in [1.54, 1.807) is 0 Å². The minimum Gasteiger partial charge on any atom is -0.464 e. The maximum atomic E-state index is 10.8. The van der Waals surface area contributed by atoms with Crippen molar-refractivity contribution in [2.24, 2.45) is 0 Å². The van der Waals surface area contributed by atoms with E-state index < -0.39 is 5.97 Å². The first-order valence-electron chi connectivity index (χ1n) is 2.77. The molecule has 11 heavy (non-hydrogen) atoms. The van der Waals surface area contributed by atoms with Crippen molar-refractivity contribution in [3.05, 3.63) is 12.0 Å². The fourth-order valence-corrected chi connectivity index (χ4v) is 0.539. The summed E-state index contributed by atoms with van der Waals surface area (Å²) in [6.45, 7) is 0. The molecular formula is C5H6N4O2. The van der Waals surface area contributed by atoms with Gasteiger partial charge in [0, 0.05) is 0 Å². The van der Waals surface area contributed by atoms with Gasteiger partial charge in [0.25, 0.3) is 0 Å². The van der Waals surface area contributed by atoms with Crippen LogP contribution in [0.4, 0.5) is 5.82 Å². The fraction of sp³-hybridized carbons (Fsp3) is 0.200. The lowest BCUT2D eigenvalue weighted by Crippen LogP contribution is -2.10. The van der Waals surface area contributed by atoms with Crippen LogP contribution >= 0.6 is 0 Å². The Kier molecular flexibility index (Phi) is 1.95. The zero-order valence-electron chi connectivity index (χ0n) is 5.81. The van der Waals surface area contributed by atoms with E-state index in [1.807, 2.05) is 0 Å². The highest BCUT2D eigenvalue weighted by Crippen LogP contribution is 2.01. The van der Waals surface area contributed by atoms with Gasteiger partial charge in [-0.15, -0.1) is 10.2 Å². The number of aromatic nitrogens is 3. The molecule has 0 saturated carbocycles. The van der Waals surface area contributed by atoms with Gasteiger partial charge in [-0.3, -0.25) is 0 Å². The molecule has 58 valence electrons. The summed E-state index contributed by atoms with van der Waals surface area (Å²) in [6, 6.07) is 0. The second kappa shape index (κ2) is 2.91. The van der Waals surface area contributed by atoms with Gasteiger partial charge in [0.05, 0.1) is 7.11 Å². The molecule has 6 nitrogen and oxygen atoms in total. The van der Waals surface area contributed by atoms with Crippen molar-refractivity contribution in [3.63, 3.8) is 0 Å². The Morgan fingerprint density at radius 1 is 1.73 bits per heavy atom. The highest BCUT2D eigenvalue weighted by Gasteiger charge is 2.11. The standard InChI is InChI=1S/C5H6N4O2/c1-11-5(10)3-4(6)9-8-2-7-3/h2H,1H3,(H2,6,9). The lowest BCUT2D eigenvalue weighted by atomic mass is 10.4. The van der Waals surface area contributed by atoms with Crippen LogP contribution in [-0.2, 0) is 4.74 Å². The maximum absolute atomic E-state index is 10.8. The van der Waals surface area contributed by atoms with E-state index in [4.69, 9.17) is 5.73 Å². The van der Waals surface area contributed by atoms with Crippen molar-refractivity contribution in [2.45, 2.75) is 0 Å². The van der Waals surface area contributed by atoms with E-state index in [1.165, 1.54) is 7.11 Å². The molecule has 1 heterocycles. The molecule has 0 aliphatic rings. The van der Waals surface area contributed by atoms with Crippen LogP contribution in [0.2, 0.25) is 0 Å². The van der Waals surface area contributed by atoms with Gasteiger partial charge in [0.15, 0.2) is 11.5 Å². The Bertz CT molecular complexity index is 275. The lowest BCUT2D eigenvalue weighted by molar-refractivity contribution is 0.0594. The maximum Gasteiger partial charge on any atom is 0.360 e. The summed E-state index contributed by atoms with van der Waals surface area (Å²) in [4.78, 5) is 14.4. The normalized spacial score (nSPS) is 9.18. The second-order valence-corrected chi connectivity index (χ2v) is 1.69. The molecule has 1 aromatic heterocycles. The van der Waals surface area contributed by atoms with E-state index >= 15 is 0 Å². The molecule has 0 aliphatic carbocycles. The predicted octanol–water partition coefficient (Wildman–Crippen LogP) is -0.760. The molecule has 0 saturated heterocycles. The topological polar surface area (TPSA) is 91.0 Å². The van der Waals surface area contributed by atoms with Crippen LogP contribution in [-0.4, -0.2) is 28.3 Å². The van der Waals surface area contributed by atoms with E-state index in [-0.39, 0.29) is 11.5 Å². The van der Waals surface area contributed by atoms with Crippen LogP contribution < -0.4 is 5.73 Å². The molecule has 0 radical (unpaired) electrons. The molecule has 0 unspecified atom stereocenters. The number of hydrogen-bond donors (Lipinski definition) is 1. The van der Waals surface area contributed by atoms with Gasteiger partial charge in [-0.25, -0.2) is 9.78 Å². The number of carbonyl (C=O) groups excluding carboxylic acids is 1. The van der Waals surface area contributed by atoms with Crippen LogP contribution in [0, 0.1) is 0 Å². The van der Waals surface area contributed by atoms with Gasteiger partial charge in [0.2, 0.25) is 0 Å². The highest BCUT2D eigenvalue weighted by atomic mass is 16.5. The van der Waals surface area contributed by atoms with Gasteiger partial charge in [-0.05, 0) is 0 Å². The average Bonchev–Trinajstić information content (AvgIpc) is 2.04. The molecule has 1 rings (SSSR count). The Labute approximate surface area is 62.4 Å². The number of hydrogen-bond acceptors (Lipinski definition) is 6. The van der Waals surface area contributed by atoms with Crippen molar-refractivity contribution in [1.82, 2.24) is 15.2 Å². The summed E-state index contributed by atoms with van der Waals surface area (Å²) < 4.78 is 4.37. The molecule has 6 heteroatoms. The largest absolute Gasteiger partial charge is 0.464 e. The summed E-state index contributed by atoms with van der Waals surface area (Å²) in [5, 5.41) is 6.78. The zero-order chi connectivity index (χ0) is 8.27. The number of carbonyl (C=O) groups is 1. The van der Waals surface area contributed by atoms with Crippen molar-refractivity contribution in [1.29, 1.82) is 0 Å². The molecular weight excluding hydrogens is 148 g/mol. The smallest absolute Gasteiger partial charge is 0.360 e. The van der Waals surface area contributed by atoms with Crippen LogP contribution in [0.3, 0.4) is 0 Å². The summed E-state index contributed by atoms with van der Waals surface area (Å²) in [7, 11) is 1.24. The highest BCUT2D eigenvalue weighted by molar-refractivity contribution is 5.91. The first-order valence-corrected chi connectivity index (χ1v) is 2.77. The average molecular weight is 154 g/mol. The zero-order valence-corrected chi connectivity index (χ0v) is 5.81. The van der Waals surface area contributed by atoms with Gasteiger partial charge >= 0.3 is 5.97 Å². The third kappa shape index (κ3) is 1.40. The number of ether oxygens (including phenoxy) is 1. The van der Waals surface area contributed by atoms with Crippen molar-refractivity contribution >= 4 is 11.8 Å². The van der Waals surface area contributed by atoms with Crippen LogP contribution in [0.15, 0.2) is 6.33 Å². The quantitative estimate of drug-likeness (QED) is 0.534. The summed E-state index contributed by atoms with van der Waals surface area (Å²) >= 11 is 0. The minimum absolute atomic E-state index is 0.0116. The lowest BCUT2D eigenvalue weighted by Gasteiger charge is -1.97. The number of rotatable bonds is 1. The Morgan fingerprint density at radius 3 is 3.00 bits per heavy atom. The third-order valence-corrected chi connectivity index (χ3v) is 1.03. The molecule has 0 fully saturated rings. The number of esters is 1. The predicted molar refractivity (Wildman–Crippen MR) is 35.6 cm³/mol. The fourth-order valence-electron chi connectivity index (χ4n) is 0.539. The van der Waals surface area contributed by atoms with Gasteiger partial charge < -0.3 is 10.5 Å². The molecule has 0 aromatic carbocycles. The third-order valence-electron chi connectivity index (χ3n) is 1.03. The van der Waals surface area contributed by atoms with Crippen molar-refractivity contribution < 1.29 is 9.53 Å².